The maximum absolute atomic E-state index is 3.57. The van der Waals surface area contributed by atoms with Crippen molar-refractivity contribution in [2.45, 2.75) is 45.2 Å². The molecule has 2 rings (SSSR count). The molecule has 1 unspecified atom stereocenters. The zero-order valence-corrected chi connectivity index (χ0v) is 8.55. The molecule has 0 spiro atoms. The smallest absolute Gasteiger partial charge is 0.0795 e. The van der Waals surface area contributed by atoms with Crippen LogP contribution in [0.2, 0.25) is 0 Å². The fourth-order valence-electron chi connectivity index (χ4n) is 2.41. The molecule has 2 heteroatoms. The lowest BCUT2D eigenvalue weighted by atomic mass is 10.0. The summed E-state index contributed by atoms with van der Waals surface area (Å²) >= 11 is 0. The molecule has 1 atom stereocenters. The van der Waals surface area contributed by atoms with Crippen molar-refractivity contribution in [3.05, 3.63) is 11.8 Å². The number of rotatable bonds is 2. The Kier molecular flexibility index (Phi) is 2.89. The van der Waals surface area contributed by atoms with Gasteiger partial charge in [-0.3, -0.25) is 5.32 Å². The van der Waals surface area contributed by atoms with Crippen LogP contribution in [0.1, 0.15) is 39.0 Å². The van der Waals surface area contributed by atoms with Crippen LogP contribution >= 0.6 is 0 Å². The Morgan fingerprint density at radius 3 is 3.31 bits per heavy atom. The normalized spacial score (nSPS) is 28.2. The molecule has 0 aliphatic carbocycles. The lowest BCUT2D eigenvalue weighted by Gasteiger charge is -2.41. The molecular formula is C11H20N2. The van der Waals surface area contributed by atoms with Crippen LogP contribution in [0.25, 0.3) is 0 Å². The number of nitrogens with one attached hydrogen (secondary N) is 1. The summed E-state index contributed by atoms with van der Waals surface area (Å²) in [4.78, 5) is 2.58. The Labute approximate surface area is 81.0 Å². The lowest BCUT2D eigenvalue weighted by molar-refractivity contribution is 0.163. The van der Waals surface area contributed by atoms with E-state index in [2.05, 4.69) is 23.2 Å². The van der Waals surface area contributed by atoms with Crippen LogP contribution < -0.4 is 5.32 Å². The van der Waals surface area contributed by atoms with Crippen molar-refractivity contribution in [2.75, 3.05) is 13.1 Å². The number of nitrogens with zero attached hydrogens (tertiary/aromatic N) is 1. The summed E-state index contributed by atoms with van der Waals surface area (Å²) in [5.41, 5.74) is 1.60. The van der Waals surface area contributed by atoms with Crippen LogP contribution in [-0.4, -0.2) is 24.2 Å². The number of hydrogen-bond donors (Lipinski definition) is 1. The summed E-state index contributed by atoms with van der Waals surface area (Å²) in [5.74, 6) is 0. The van der Waals surface area contributed by atoms with E-state index in [4.69, 9.17) is 0 Å². The van der Waals surface area contributed by atoms with Crippen LogP contribution in [0, 0.1) is 0 Å². The molecule has 2 heterocycles. The van der Waals surface area contributed by atoms with Crippen molar-refractivity contribution in [1.29, 1.82) is 0 Å². The minimum absolute atomic E-state index is 0.630. The van der Waals surface area contributed by atoms with E-state index in [0.717, 1.165) is 6.54 Å². The van der Waals surface area contributed by atoms with E-state index in [0.29, 0.717) is 6.17 Å². The first kappa shape index (κ1) is 9.07. The van der Waals surface area contributed by atoms with Crippen molar-refractivity contribution in [1.82, 2.24) is 10.2 Å². The SMILES string of the molecule is CCCC1NCC=C2CCCCN21. The first-order valence-corrected chi connectivity index (χ1v) is 5.61. The molecule has 0 radical (unpaired) electrons. The van der Waals surface area contributed by atoms with Gasteiger partial charge in [0.05, 0.1) is 6.17 Å². The molecule has 2 aliphatic rings. The van der Waals surface area contributed by atoms with Gasteiger partial charge in [-0.2, -0.15) is 0 Å². The average molecular weight is 180 g/mol. The molecule has 2 nitrogen and oxygen atoms in total. The van der Waals surface area contributed by atoms with Gasteiger partial charge in [-0.05, 0) is 25.7 Å². The van der Waals surface area contributed by atoms with E-state index in [1.807, 2.05) is 0 Å². The van der Waals surface area contributed by atoms with Gasteiger partial charge in [0.2, 0.25) is 0 Å². The lowest BCUT2D eigenvalue weighted by Crippen LogP contribution is -2.50. The van der Waals surface area contributed by atoms with Gasteiger partial charge in [-0.15, -0.1) is 0 Å². The third-order valence-electron chi connectivity index (χ3n) is 3.08. The Morgan fingerprint density at radius 1 is 1.54 bits per heavy atom. The van der Waals surface area contributed by atoms with Crippen molar-refractivity contribution >= 4 is 0 Å². The predicted octanol–water partition coefficient (Wildman–Crippen LogP) is 2.09. The predicted molar refractivity (Wildman–Crippen MR) is 55.3 cm³/mol. The fraction of sp³-hybridized carbons (Fsp3) is 0.818. The fourth-order valence-corrected chi connectivity index (χ4v) is 2.41. The molecule has 1 N–H and O–H groups in total. The van der Waals surface area contributed by atoms with E-state index in [-0.39, 0.29) is 0 Å². The topological polar surface area (TPSA) is 15.3 Å². The van der Waals surface area contributed by atoms with Crippen LogP contribution in [-0.2, 0) is 0 Å². The van der Waals surface area contributed by atoms with Crippen LogP contribution in [0.3, 0.4) is 0 Å². The number of fused-ring (bicyclic) bond motifs is 1. The van der Waals surface area contributed by atoms with Crippen LogP contribution in [0.5, 0.6) is 0 Å². The van der Waals surface area contributed by atoms with E-state index in [9.17, 15) is 0 Å². The second-order valence-corrected chi connectivity index (χ2v) is 4.06. The highest BCUT2D eigenvalue weighted by Gasteiger charge is 2.24. The minimum atomic E-state index is 0.630. The second kappa shape index (κ2) is 4.14. The quantitative estimate of drug-likeness (QED) is 0.700. The molecule has 74 valence electrons. The molecule has 0 saturated carbocycles. The largest absolute Gasteiger partial charge is 0.360 e. The van der Waals surface area contributed by atoms with Gasteiger partial charge in [-0.1, -0.05) is 19.4 Å². The molecular weight excluding hydrogens is 160 g/mol. The molecule has 2 aliphatic heterocycles. The Morgan fingerprint density at radius 2 is 2.46 bits per heavy atom. The second-order valence-electron chi connectivity index (χ2n) is 4.06. The Bertz CT molecular complexity index is 198. The summed E-state index contributed by atoms with van der Waals surface area (Å²) in [6.07, 6.45) is 9.64. The molecule has 13 heavy (non-hydrogen) atoms. The first-order valence-electron chi connectivity index (χ1n) is 5.61. The first-order chi connectivity index (χ1) is 6.42. The summed E-state index contributed by atoms with van der Waals surface area (Å²) in [7, 11) is 0. The molecule has 0 aromatic carbocycles. The monoisotopic (exact) mass is 180 g/mol. The maximum Gasteiger partial charge on any atom is 0.0795 e. The summed E-state index contributed by atoms with van der Waals surface area (Å²) in [6.45, 7) is 4.61. The van der Waals surface area contributed by atoms with Crippen molar-refractivity contribution in [3.63, 3.8) is 0 Å². The molecule has 0 aromatic heterocycles. The molecule has 1 fully saturated rings. The summed E-state index contributed by atoms with van der Waals surface area (Å²) < 4.78 is 0. The molecule has 0 amide bonds. The van der Waals surface area contributed by atoms with E-state index < -0.39 is 0 Å². The van der Waals surface area contributed by atoms with E-state index in [1.54, 1.807) is 5.70 Å². The zero-order valence-electron chi connectivity index (χ0n) is 8.55. The highest BCUT2D eigenvalue weighted by molar-refractivity contribution is 5.09. The van der Waals surface area contributed by atoms with Gasteiger partial charge < -0.3 is 4.90 Å². The van der Waals surface area contributed by atoms with Gasteiger partial charge in [0, 0.05) is 18.8 Å². The molecule has 0 aromatic rings. The van der Waals surface area contributed by atoms with Crippen molar-refractivity contribution < 1.29 is 0 Å². The maximum atomic E-state index is 3.57. The van der Waals surface area contributed by atoms with E-state index >= 15 is 0 Å². The highest BCUT2D eigenvalue weighted by Crippen LogP contribution is 2.25. The average Bonchev–Trinajstić information content (AvgIpc) is 2.19. The number of piperidine rings is 1. The summed E-state index contributed by atoms with van der Waals surface area (Å²) in [6, 6.07) is 0. The van der Waals surface area contributed by atoms with Gasteiger partial charge in [0.1, 0.15) is 0 Å². The third-order valence-corrected chi connectivity index (χ3v) is 3.08. The van der Waals surface area contributed by atoms with Crippen LogP contribution in [0.15, 0.2) is 11.8 Å². The Balaban J connectivity index is 2.03. The zero-order chi connectivity index (χ0) is 9.10. The summed E-state index contributed by atoms with van der Waals surface area (Å²) in [5, 5.41) is 3.57. The number of hydrogen-bond acceptors (Lipinski definition) is 2. The Hall–Kier alpha value is -0.500. The van der Waals surface area contributed by atoms with Gasteiger partial charge in [0.25, 0.3) is 0 Å². The van der Waals surface area contributed by atoms with Gasteiger partial charge in [0.15, 0.2) is 0 Å². The van der Waals surface area contributed by atoms with Crippen molar-refractivity contribution in [2.24, 2.45) is 0 Å². The van der Waals surface area contributed by atoms with Crippen molar-refractivity contribution in [3.8, 4) is 0 Å². The van der Waals surface area contributed by atoms with Gasteiger partial charge in [-0.25, -0.2) is 0 Å². The standard InChI is InChI=1S/C11H20N2/c1-2-5-11-12-8-7-10-6-3-4-9-13(10)11/h7,11-12H,2-6,8-9H2,1H3. The van der Waals surface area contributed by atoms with Gasteiger partial charge >= 0.3 is 0 Å². The van der Waals surface area contributed by atoms with Crippen LogP contribution in [0.4, 0.5) is 0 Å². The minimum Gasteiger partial charge on any atom is -0.360 e. The van der Waals surface area contributed by atoms with E-state index in [1.165, 1.54) is 38.6 Å². The molecule has 1 saturated heterocycles. The third kappa shape index (κ3) is 1.88. The number of allylic oxidation sites excluding steroid dienone is 1. The highest BCUT2D eigenvalue weighted by atomic mass is 15.3. The molecule has 0 bridgehead atoms.